The van der Waals surface area contributed by atoms with Crippen molar-refractivity contribution in [1.29, 1.82) is 0 Å². The molecule has 1 amide bonds. The first-order chi connectivity index (χ1) is 14.5. The molecule has 2 aliphatic rings. The van der Waals surface area contributed by atoms with E-state index in [2.05, 4.69) is 41.8 Å². The zero-order chi connectivity index (χ0) is 21.1. The van der Waals surface area contributed by atoms with E-state index in [-0.39, 0.29) is 5.91 Å². The van der Waals surface area contributed by atoms with Gasteiger partial charge in [0.2, 0.25) is 5.91 Å². The van der Waals surface area contributed by atoms with Gasteiger partial charge in [0.25, 0.3) is 0 Å². The molecule has 5 heteroatoms. The first-order valence-corrected chi connectivity index (χ1v) is 11.5. The second-order valence-corrected chi connectivity index (χ2v) is 9.04. The van der Waals surface area contributed by atoms with Crippen LogP contribution in [0.15, 0.2) is 42.5 Å². The predicted octanol–water partition coefficient (Wildman–Crippen LogP) is 4.66. The zero-order valence-corrected chi connectivity index (χ0v) is 18.9. The highest BCUT2D eigenvalue weighted by Gasteiger charge is 2.29. The minimum Gasteiger partial charge on any atom is -0.369 e. The molecule has 30 heavy (non-hydrogen) atoms. The summed E-state index contributed by atoms with van der Waals surface area (Å²) in [5, 5.41) is 0.744. The lowest BCUT2D eigenvalue weighted by Crippen LogP contribution is -2.50. The van der Waals surface area contributed by atoms with E-state index >= 15 is 0 Å². The summed E-state index contributed by atoms with van der Waals surface area (Å²) in [4.78, 5) is 19.8. The summed E-state index contributed by atoms with van der Waals surface area (Å²) in [6.45, 7) is 10.1. The number of halogens is 1. The number of nitrogens with zero attached hydrogens (tertiary/aromatic N) is 3. The third kappa shape index (κ3) is 4.65. The number of piperazine rings is 1. The van der Waals surface area contributed by atoms with Gasteiger partial charge in [-0.2, -0.15) is 0 Å². The summed E-state index contributed by atoms with van der Waals surface area (Å²) >= 11 is 6.32. The lowest BCUT2D eigenvalue weighted by atomic mass is 10.0. The number of benzene rings is 2. The van der Waals surface area contributed by atoms with Crippen molar-refractivity contribution in [1.82, 2.24) is 9.80 Å². The largest absolute Gasteiger partial charge is 0.369 e. The van der Waals surface area contributed by atoms with Gasteiger partial charge in [0.05, 0.1) is 0 Å². The van der Waals surface area contributed by atoms with E-state index < -0.39 is 0 Å². The second-order valence-electron chi connectivity index (χ2n) is 8.63. The maximum Gasteiger partial charge on any atom is 0.222 e. The van der Waals surface area contributed by atoms with E-state index in [0.717, 1.165) is 56.2 Å². The average molecular weight is 426 g/mol. The highest BCUT2D eigenvalue weighted by molar-refractivity contribution is 6.31. The molecule has 0 unspecified atom stereocenters. The number of amides is 1. The maximum absolute atomic E-state index is 12.7. The Bertz CT molecular complexity index is 892. The van der Waals surface area contributed by atoms with Gasteiger partial charge in [0, 0.05) is 62.4 Å². The Labute approximate surface area is 185 Å². The zero-order valence-electron chi connectivity index (χ0n) is 18.1. The van der Waals surface area contributed by atoms with Crippen LogP contribution < -0.4 is 4.90 Å². The maximum atomic E-state index is 12.7. The molecule has 0 bridgehead atoms. The number of carbonyl (C=O) groups excluding carboxylic acids is 1. The van der Waals surface area contributed by atoms with Gasteiger partial charge in [0.1, 0.15) is 0 Å². The standard InChI is InChI=1S/C25H32ClN3O/c1-19-6-5-9-24(20(19)2)28-16-14-27(15-17-28)22-10-11-25(30)29(13-12-22)18-21-7-3-4-8-23(21)26/h3-9,22H,10-18H2,1-2H3/t22-/m0/s1. The molecule has 2 heterocycles. The van der Waals surface area contributed by atoms with Crippen LogP contribution in [0, 0.1) is 13.8 Å². The molecule has 2 fully saturated rings. The number of likely N-dealkylation sites (tertiary alicyclic amines) is 1. The van der Waals surface area contributed by atoms with Gasteiger partial charge in [-0.05, 0) is 55.5 Å². The molecule has 2 aliphatic heterocycles. The molecule has 0 N–H and O–H groups in total. The fourth-order valence-corrected chi connectivity index (χ4v) is 4.99. The summed E-state index contributed by atoms with van der Waals surface area (Å²) in [5.74, 6) is 0.256. The van der Waals surface area contributed by atoms with Crippen molar-refractivity contribution in [2.24, 2.45) is 0 Å². The molecular weight excluding hydrogens is 394 g/mol. The van der Waals surface area contributed by atoms with E-state index in [1.807, 2.05) is 29.2 Å². The Morgan fingerprint density at radius 2 is 1.70 bits per heavy atom. The number of rotatable bonds is 4. The van der Waals surface area contributed by atoms with Crippen LogP contribution in [0.3, 0.4) is 0 Å². The highest BCUT2D eigenvalue weighted by atomic mass is 35.5. The fourth-order valence-electron chi connectivity index (χ4n) is 4.79. The molecule has 1 atom stereocenters. The van der Waals surface area contributed by atoms with Crippen LogP contribution in [0.4, 0.5) is 5.69 Å². The van der Waals surface area contributed by atoms with E-state index in [1.54, 1.807) is 0 Å². The lowest BCUT2D eigenvalue weighted by molar-refractivity contribution is -0.131. The van der Waals surface area contributed by atoms with Crippen LogP contribution >= 0.6 is 11.6 Å². The average Bonchev–Trinajstić information content (AvgIpc) is 2.94. The number of carbonyl (C=O) groups is 1. The number of hydrogen-bond acceptors (Lipinski definition) is 3. The Hall–Kier alpha value is -2.04. The van der Waals surface area contributed by atoms with E-state index in [9.17, 15) is 4.79 Å². The highest BCUT2D eigenvalue weighted by Crippen LogP contribution is 2.26. The van der Waals surface area contributed by atoms with E-state index in [0.29, 0.717) is 19.0 Å². The Kier molecular flexibility index (Phi) is 6.64. The summed E-state index contributed by atoms with van der Waals surface area (Å²) in [6, 6.07) is 14.9. The van der Waals surface area contributed by atoms with Gasteiger partial charge < -0.3 is 9.80 Å². The van der Waals surface area contributed by atoms with Crippen molar-refractivity contribution >= 4 is 23.2 Å². The fraction of sp³-hybridized carbons (Fsp3) is 0.480. The SMILES string of the molecule is Cc1cccc(N2CCN([C@H]3CCC(=O)N(Cc4ccccc4Cl)CC3)CC2)c1C. The molecule has 160 valence electrons. The molecule has 2 aromatic rings. The van der Waals surface area contributed by atoms with Crippen molar-refractivity contribution < 1.29 is 4.79 Å². The van der Waals surface area contributed by atoms with Crippen LogP contribution in [0.1, 0.15) is 36.0 Å². The molecule has 0 aromatic heterocycles. The molecule has 0 spiro atoms. The van der Waals surface area contributed by atoms with Gasteiger partial charge in [-0.3, -0.25) is 9.69 Å². The number of hydrogen-bond donors (Lipinski definition) is 0. The third-order valence-electron chi connectivity index (χ3n) is 6.84. The van der Waals surface area contributed by atoms with Crippen molar-refractivity contribution in [3.05, 3.63) is 64.2 Å². The van der Waals surface area contributed by atoms with Crippen molar-refractivity contribution in [2.45, 2.75) is 45.7 Å². The smallest absolute Gasteiger partial charge is 0.222 e. The number of aryl methyl sites for hydroxylation is 1. The van der Waals surface area contributed by atoms with Gasteiger partial charge in [0.15, 0.2) is 0 Å². The monoisotopic (exact) mass is 425 g/mol. The second kappa shape index (κ2) is 9.40. The minimum absolute atomic E-state index is 0.256. The number of anilines is 1. The summed E-state index contributed by atoms with van der Waals surface area (Å²) in [7, 11) is 0. The molecule has 2 aromatic carbocycles. The molecule has 4 nitrogen and oxygen atoms in total. The van der Waals surface area contributed by atoms with Crippen LogP contribution in [0.25, 0.3) is 0 Å². The van der Waals surface area contributed by atoms with E-state index in [1.165, 1.54) is 16.8 Å². The molecule has 4 rings (SSSR count). The Balaban J connectivity index is 1.34. The van der Waals surface area contributed by atoms with E-state index in [4.69, 9.17) is 11.6 Å². The van der Waals surface area contributed by atoms with Crippen LogP contribution in [0.2, 0.25) is 5.02 Å². The van der Waals surface area contributed by atoms with Crippen molar-refractivity contribution in [3.8, 4) is 0 Å². The van der Waals surface area contributed by atoms with Crippen molar-refractivity contribution in [3.63, 3.8) is 0 Å². The normalized spacial score (nSPS) is 21.0. The Morgan fingerprint density at radius 3 is 2.47 bits per heavy atom. The molecule has 2 saturated heterocycles. The van der Waals surface area contributed by atoms with Gasteiger partial charge in [-0.15, -0.1) is 0 Å². The van der Waals surface area contributed by atoms with Gasteiger partial charge >= 0.3 is 0 Å². The van der Waals surface area contributed by atoms with Crippen LogP contribution in [0.5, 0.6) is 0 Å². The molecular formula is C25H32ClN3O. The van der Waals surface area contributed by atoms with Crippen LogP contribution in [-0.2, 0) is 11.3 Å². The van der Waals surface area contributed by atoms with Gasteiger partial charge in [-0.25, -0.2) is 0 Å². The first kappa shape index (κ1) is 21.2. The summed E-state index contributed by atoms with van der Waals surface area (Å²) < 4.78 is 0. The quantitative estimate of drug-likeness (QED) is 0.712. The lowest BCUT2D eigenvalue weighted by Gasteiger charge is -2.40. The van der Waals surface area contributed by atoms with Crippen molar-refractivity contribution in [2.75, 3.05) is 37.6 Å². The summed E-state index contributed by atoms with van der Waals surface area (Å²) in [6.07, 6.45) is 2.63. The van der Waals surface area contributed by atoms with Gasteiger partial charge in [-0.1, -0.05) is 41.9 Å². The summed E-state index contributed by atoms with van der Waals surface area (Å²) in [5.41, 5.74) is 5.15. The van der Waals surface area contributed by atoms with Crippen LogP contribution in [-0.4, -0.2) is 54.5 Å². The molecule has 0 aliphatic carbocycles. The Morgan fingerprint density at radius 1 is 0.933 bits per heavy atom. The first-order valence-electron chi connectivity index (χ1n) is 11.1. The molecule has 0 saturated carbocycles. The molecule has 0 radical (unpaired) electrons. The minimum atomic E-state index is 0.256. The predicted molar refractivity (Wildman–Crippen MR) is 124 cm³/mol. The third-order valence-corrected chi connectivity index (χ3v) is 7.21. The topological polar surface area (TPSA) is 26.8 Å².